The van der Waals surface area contributed by atoms with Crippen LogP contribution in [0, 0.1) is 3.95 Å². The summed E-state index contributed by atoms with van der Waals surface area (Å²) in [6, 6.07) is 7.86. The maximum Gasteiger partial charge on any atom is 0.275 e. The molecule has 0 bridgehead atoms. The first kappa shape index (κ1) is 25.5. The lowest BCUT2D eigenvalue weighted by Gasteiger charge is -2.31. The molecule has 2 N–H and O–H groups in total. The van der Waals surface area contributed by atoms with Gasteiger partial charge in [0.2, 0.25) is 11.8 Å². The van der Waals surface area contributed by atoms with Crippen molar-refractivity contribution in [2.24, 2.45) is 0 Å². The van der Waals surface area contributed by atoms with Crippen LogP contribution in [0.25, 0.3) is 0 Å². The van der Waals surface area contributed by atoms with Crippen LogP contribution in [0.5, 0.6) is 5.88 Å². The van der Waals surface area contributed by atoms with Gasteiger partial charge in [0.25, 0.3) is 5.91 Å². The van der Waals surface area contributed by atoms with Crippen molar-refractivity contribution in [3.05, 3.63) is 55.2 Å². The number of benzene rings is 1. The SMILES string of the molecule is CC(C)(C)c1ccccc1NC(=O)c1csc(C2CCN(C(=O)CCn3c(O)csc3=S)CC2)n1. The minimum absolute atomic E-state index is 0.0627. The third-order valence-electron chi connectivity index (χ3n) is 6.25. The van der Waals surface area contributed by atoms with Gasteiger partial charge in [0.1, 0.15) is 5.69 Å². The maximum atomic E-state index is 12.9. The Morgan fingerprint density at radius 1 is 1.17 bits per heavy atom. The number of para-hydroxylation sites is 1. The van der Waals surface area contributed by atoms with E-state index in [0.717, 1.165) is 29.1 Å². The zero-order chi connectivity index (χ0) is 25.2. The van der Waals surface area contributed by atoms with Crippen LogP contribution in [0.15, 0.2) is 35.0 Å². The molecule has 1 aliphatic rings. The number of carbonyl (C=O) groups excluding carboxylic acids is 2. The lowest BCUT2D eigenvalue weighted by molar-refractivity contribution is -0.132. The average molecular weight is 531 g/mol. The minimum Gasteiger partial charge on any atom is -0.494 e. The largest absolute Gasteiger partial charge is 0.494 e. The molecule has 3 aromatic rings. The Hall–Kier alpha value is -2.56. The monoisotopic (exact) mass is 530 g/mol. The van der Waals surface area contributed by atoms with E-state index in [9.17, 15) is 14.7 Å². The van der Waals surface area contributed by atoms with Crippen molar-refractivity contribution in [1.82, 2.24) is 14.5 Å². The fourth-order valence-corrected chi connectivity index (χ4v) is 6.23. The average Bonchev–Trinajstić information content (AvgIpc) is 3.44. The Morgan fingerprint density at radius 2 is 1.89 bits per heavy atom. The van der Waals surface area contributed by atoms with E-state index in [4.69, 9.17) is 12.2 Å². The summed E-state index contributed by atoms with van der Waals surface area (Å²) in [6.07, 6.45) is 1.94. The van der Waals surface area contributed by atoms with E-state index in [-0.39, 0.29) is 29.0 Å². The molecule has 0 saturated carbocycles. The number of aromatic nitrogens is 2. The number of hydrogen-bond donors (Lipinski definition) is 2. The second kappa shape index (κ2) is 10.6. The molecule has 0 atom stereocenters. The van der Waals surface area contributed by atoms with Gasteiger partial charge >= 0.3 is 0 Å². The molecule has 2 aromatic heterocycles. The first-order valence-electron chi connectivity index (χ1n) is 11.6. The van der Waals surface area contributed by atoms with E-state index in [1.165, 1.54) is 22.7 Å². The summed E-state index contributed by atoms with van der Waals surface area (Å²) in [6.45, 7) is 8.07. The number of nitrogens with one attached hydrogen (secondary N) is 1. The lowest BCUT2D eigenvalue weighted by Crippen LogP contribution is -2.38. The van der Waals surface area contributed by atoms with Gasteiger partial charge in [-0.25, -0.2) is 4.98 Å². The normalized spacial score (nSPS) is 14.8. The Kier molecular flexibility index (Phi) is 7.73. The number of likely N-dealkylation sites (tertiary alicyclic amines) is 1. The second-order valence-electron chi connectivity index (χ2n) is 9.74. The molecule has 1 aliphatic heterocycles. The molecule has 10 heteroatoms. The smallest absolute Gasteiger partial charge is 0.275 e. The summed E-state index contributed by atoms with van der Waals surface area (Å²) < 4.78 is 2.16. The van der Waals surface area contributed by atoms with E-state index >= 15 is 0 Å². The number of anilines is 1. The Labute approximate surface area is 218 Å². The molecule has 4 rings (SSSR count). The molecule has 0 radical (unpaired) electrons. The zero-order valence-electron chi connectivity index (χ0n) is 20.1. The predicted molar refractivity (Wildman–Crippen MR) is 143 cm³/mol. The highest BCUT2D eigenvalue weighted by Gasteiger charge is 2.27. The van der Waals surface area contributed by atoms with Crippen LogP contribution in [-0.4, -0.2) is 44.5 Å². The van der Waals surface area contributed by atoms with E-state index < -0.39 is 0 Å². The molecular weight excluding hydrogens is 501 g/mol. The summed E-state index contributed by atoms with van der Waals surface area (Å²) in [4.78, 5) is 32.1. The summed E-state index contributed by atoms with van der Waals surface area (Å²) in [5, 5.41) is 17.2. The van der Waals surface area contributed by atoms with Crippen LogP contribution in [0.1, 0.15) is 67.0 Å². The summed E-state index contributed by atoms with van der Waals surface area (Å²) >= 11 is 7.99. The molecule has 0 unspecified atom stereocenters. The van der Waals surface area contributed by atoms with E-state index in [0.29, 0.717) is 35.7 Å². The number of nitrogens with zero attached hydrogens (tertiary/aromatic N) is 3. The minimum atomic E-state index is -0.202. The Morgan fingerprint density at radius 3 is 2.54 bits per heavy atom. The molecule has 2 amide bonds. The summed E-state index contributed by atoms with van der Waals surface area (Å²) in [7, 11) is 0. The van der Waals surface area contributed by atoms with Crippen molar-refractivity contribution >= 4 is 52.4 Å². The number of amides is 2. The van der Waals surface area contributed by atoms with Crippen molar-refractivity contribution in [2.45, 2.75) is 57.9 Å². The van der Waals surface area contributed by atoms with Crippen LogP contribution in [0.4, 0.5) is 5.69 Å². The van der Waals surface area contributed by atoms with Gasteiger partial charge in [-0.15, -0.1) is 22.7 Å². The number of piperidine rings is 1. The van der Waals surface area contributed by atoms with Gasteiger partial charge in [0.15, 0.2) is 3.95 Å². The van der Waals surface area contributed by atoms with E-state index in [2.05, 4.69) is 31.1 Å². The fraction of sp³-hybridized carbons (Fsp3) is 0.440. The zero-order valence-corrected chi connectivity index (χ0v) is 22.6. The van der Waals surface area contributed by atoms with Crippen LogP contribution in [-0.2, 0) is 16.8 Å². The van der Waals surface area contributed by atoms with Crippen LogP contribution in [0.3, 0.4) is 0 Å². The second-order valence-corrected chi connectivity index (χ2v) is 12.1. The number of rotatable bonds is 6. The van der Waals surface area contributed by atoms with Gasteiger partial charge in [-0.1, -0.05) is 39.0 Å². The summed E-state index contributed by atoms with van der Waals surface area (Å²) in [5.41, 5.74) is 2.24. The van der Waals surface area contributed by atoms with E-state index in [1.807, 2.05) is 34.5 Å². The van der Waals surface area contributed by atoms with Gasteiger partial charge in [-0.05, 0) is 42.1 Å². The maximum absolute atomic E-state index is 12.9. The van der Waals surface area contributed by atoms with Crippen molar-refractivity contribution < 1.29 is 14.7 Å². The topological polar surface area (TPSA) is 87.5 Å². The fourth-order valence-electron chi connectivity index (χ4n) is 4.28. The Bertz CT molecular complexity index is 1260. The summed E-state index contributed by atoms with van der Waals surface area (Å²) in [5.74, 6) is 0.207. The molecule has 7 nitrogen and oxygen atoms in total. The number of thiazole rings is 2. The highest BCUT2D eigenvalue weighted by atomic mass is 32.1. The molecule has 1 fully saturated rings. The Balaban J connectivity index is 1.32. The third-order valence-corrected chi connectivity index (χ3v) is 8.51. The highest BCUT2D eigenvalue weighted by Crippen LogP contribution is 2.32. The van der Waals surface area contributed by atoms with Crippen LogP contribution < -0.4 is 5.32 Å². The van der Waals surface area contributed by atoms with Crippen LogP contribution >= 0.6 is 34.9 Å². The first-order chi connectivity index (χ1) is 16.6. The molecule has 1 saturated heterocycles. The van der Waals surface area contributed by atoms with Gasteiger partial charge < -0.3 is 15.3 Å². The van der Waals surface area contributed by atoms with E-state index in [1.54, 1.807) is 9.95 Å². The number of aromatic hydroxyl groups is 1. The predicted octanol–water partition coefficient (Wildman–Crippen LogP) is 5.79. The van der Waals surface area contributed by atoms with Crippen molar-refractivity contribution in [1.29, 1.82) is 0 Å². The lowest BCUT2D eigenvalue weighted by atomic mass is 9.86. The van der Waals surface area contributed by atoms with Crippen molar-refractivity contribution in [3.63, 3.8) is 0 Å². The third kappa shape index (κ3) is 5.99. The molecule has 0 spiro atoms. The molecule has 0 aliphatic carbocycles. The molecule has 1 aromatic carbocycles. The highest BCUT2D eigenvalue weighted by molar-refractivity contribution is 7.73. The van der Waals surface area contributed by atoms with Gasteiger partial charge in [-0.2, -0.15) is 0 Å². The van der Waals surface area contributed by atoms with Crippen molar-refractivity contribution in [2.75, 3.05) is 18.4 Å². The van der Waals surface area contributed by atoms with Gasteiger partial charge in [-0.3, -0.25) is 14.2 Å². The quantitative estimate of drug-likeness (QED) is 0.394. The molecular formula is C25H30N4O3S3. The first-order valence-corrected chi connectivity index (χ1v) is 13.8. The molecule has 35 heavy (non-hydrogen) atoms. The number of carbonyl (C=O) groups is 2. The van der Waals surface area contributed by atoms with Gasteiger partial charge in [0.05, 0.1) is 10.4 Å². The number of hydrogen-bond acceptors (Lipinski definition) is 7. The van der Waals surface area contributed by atoms with Crippen LogP contribution in [0.2, 0.25) is 0 Å². The molecule has 186 valence electrons. The van der Waals surface area contributed by atoms with Crippen molar-refractivity contribution in [3.8, 4) is 5.88 Å². The molecule has 3 heterocycles. The van der Waals surface area contributed by atoms with Gasteiger partial charge in [0, 0.05) is 43.0 Å². The standard InChI is InChI=1S/C25H30N4O3S3/c1-25(2,3)17-6-4-5-7-18(17)26-22(32)19-14-34-23(27-19)16-8-11-28(12-9-16)20(30)10-13-29-21(31)15-35-24(29)33/h4-7,14-16,31H,8-13H2,1-3H3,(H,26,32).